The van der Waals surface area contributed by atoms with Crippen LogP contribution in [0.2, 0.25) is 0 Å². The van der Waals surface area contributed by atoms with E-state index in [-0.39, 0.29) is 17.6 Å². The third-order valence-electron chi connectivity index (χ3n) is 4.04. The van der Waals surface area contributed by atoms with Crippen LogP contribution in [0, 0.1) is 6.92 Å². The molecule has 25 heavy (non-hydrogen) atoms. The van der Waals surface area contributed by atoms with Crippen molar-refractivity contribution >= 4 is 23.2 Å². The molecule has 0 spiro atoms. The topological polar surface area (TPSA) is 87.7 Å². The Morgan fingerprint density at radius 3 is 2.56 bits per heavy atom. The molecule has 2 aromatic rings. The van der Waals surface area contributed by atoms with Gasteiger partial charge in [-0.3, -0.25) is 9.59 Å². The Morgan fingerprint density at radius 2 is 1.88 bits per heavy atom. The van der Waals surface area contributed by atoms with Crippen LogP contribution in [-0.4, -0.2) is 29.6 Å². The molecule has 6 heteroatoms. The maximum Gasteiger partial charge on any atom is 0.255 e. The molecule has 0 bridgehead atoms. The minimum atomic E-state index is -0.396. The van der Waals surface area contributed by atoms with Crippen molar-refractivity contribution in [2.75, 3.05) is 17.2 Å². The number of anilines is 2. The SMILES string of the molecule is Cc1ccc(O)c(NC(=O)c2ccc(NC(=O)C3CCCO3)cc2)c1. The van der Waals surface area contributed by atoms with E-state index < -0.39 is 6.10 Å². The summed E-state index contributed by atoms with van der Waals surface area (Å²) in [7, 11) is 0. The van der Waals surface area contributed by atoms with Crippen LogP contribution in [0.3, 0.4) is 0 Å². The van der Waals surface area contributed by atoms with Crippen LogP contribution in [0.1, 0.15) is 28.8 Å². The molecule has 3 N–H and O–H groups in total. The number of phenols is 1. The van der Waals surface area contributed by atoms with Crippen molar-refractivity contribution < 1.29 is 19.4 Å². The van der Waals surface area contributed by atoms with Gasteiger partial charge in [0.1, 0.15) is 11.9 Å². The third-order valence-corrected chi connectivity index (χ3v) is 4.04. The molecule has 3 rings (SSSR count). The summed E-state index contributed by atoms with van der Waals surface area (Å²) in [6, 6.07) is 11.6. The fraction of sp³-hybridized carbons (Fsp3) is 0.263. The highest BCUT2D eigenvalue weighted by Gasteiger charge is 2.23. The molecule has 1 atom stereocenters. The number of carbonyl (C=O) groups is 2. The Labute approximate surface area is 145 Å². The van der Waals surface area contributed by atoms with Gasteiger partial charge in [0, 0.05) is 17.9 Å². The van der Waals surface area contributed by atoms with Gasteiger partial charge < -0.3 is 20.5 Å². The number of aromatic hydroxyl groups is 1. The molecular weight excluding hydrogens is 320 g/mol. The Kier molecular flexibility index (Phi) is 5.00. The van der Waals surface area contributed by atoms with Gasteiger partial charge in [-0.05, 0) is 61.7 Å². The summed E-state index contributed by atoms with van der Waals surface area (Å²) in [6.45, 7) is 2.49. The first-order valence-corrected chi connectivity index (χ1v) is 8.16. The zero-order valence-electron chi connectivity index (χ0n) is 13.9. The van der Waals surface area contributed by atoms with Crippen molar-refractivity contribution in [1.82, 2.24) is 0 Å². The number of hydrogen-bond acceptors (Lipinski definition) is 4. The zero-order valence-corrected chi connectivity index (χ0v) is 13.9. The predicted octanol–water partition coefficient (Wildman–Crippen LogP) is 3.07. The molecule has 0 aromatic heterocycles. The molecule has 0 saturated carbocycles. The van der Waals surface area contributed by atoms with Gasteiger partial charge in [0.2, 0.25) is 0 Å². The van der Waals surface area contributed by atoms with E-state index in [0.717, 1.165) is 18.4 Å². The van der Waals surface area contributed by atoms with Gasteiger partial charge in [-0.15, -0.1) is 0 Å². The molecule has 0 radical (unpaired) electrons. The molecule has 1 unspecified atom stereocenters. The zero-order chi connectivity index (χ0) is 17.8. The quantitative estimate of drug-likeness (QED) is 0.747. The Bertz CT molecular complexity index is 781. The highest BCUT2D eigenvalue weighted by molar-refractivity contribution is 6.05. The normalized spacial score (nSPS) is 16.4. The number of amides is 2. The highest BCUT2D eigenvalue weighted by atomic mass is 16.5. The van der Waals surface area contributed by atoms with Gasteiger partial charge in [0.15, 0.2) is 0 Å². The monoisotopic (exact) mass is 340 g/mol. The summed E-state index contributed by atoms with van der Waals surface area (Å²) in [5.74, 6) is -0.489. The lowest BCUT2D eigenvalue weighted by atomic mass is 10.1. The molecule has 6 nitrogen and oxygen atoms in total. The predicted molar refractivity (Wildman–Crippen MR) is 94.8 cm³/mol. The van der Waals surface area contributed by atoms with Gasteiger partial charge in [-0.1, -0.05) is 6.07 Å². The van der Waals surface area contributed by atoms with Crippen LogP contribution in [0.25, 0.3) is 0 Å². The van der Waals surface area contributed by atoms with E-state index in [1.54, 1.807) is 36.4 Å². The lowest BCUT2D eigenvalue weighted by Crippen LogP contribution is -2.26. The van der Waals surface area contributed by atoms with E-state index in [2.05, 4.69) is 10.6 Å². The highest BCUT2D eigenvalue weighted by Crippen LogP contribution is 2.24. The summed E-state index contributed by atoms with van der Waals surface area (Å²) in [5, 5.41) is 15.3. The number of phenolic OH excluding ortho intramolecular Hbond substituents is 1. The lowest BCUT2D eigenvalue weighted by Gasteiger charge is -2.11. The molecule has 2 amide bonds. The largest absolute Gasteiger partial charge is 0.506 e. The van der Waals surface area contributed by atoms with Gasteiger partial charge in [-0.25, -0.2) is 0 Å². The number of aryl methyl sites for hydroxylation is 1. The molecule has 1 aliphatic heterocycles. The molecule has 1 saturated heterocycles. The van der Waals surface area contributed by atoms with Crippen molar-refractivity contribution in [1.29, 1.82) is 0 Å². The van der Waals surface area contributed by atoms with Gasteiger partial charge in [-0.2, -0.15) is 0 Å². The molecule has 1 fully saturated rings. The number of ether oxygens (including phenoxy) is 1. The summed E-state index contributed by atoms with van der Waals surface area (Å²) in [5.41, 5.74) is 2.33. The van der Waals surface area contributed by atoms with E-state index in [0.29, 0.717) is 23.5 Å². The maximum atomic E-state index is 12.3. The van der Waals surface area contributed by atoms with Gasteiger partial charge in [0.25, 0.3) is 11.8 Å². The first-order valence-electron chi connectivity index (χ1n) is 8.16. The standard InChI is InChI=1S/C19H20N2O4/c1-12-4-9-16(22)15(11-12)21-18(23)13-5-7-14(8-6-13)20-19(24)17-3-2-10-25-17/h4-9,11,17,22H,2-3,10H2,1H3,(H,20,24)(H,21,23). The molecule has 130 valence electrons. The number of hydrogen-bond donors (Lipinski definition) is 3. The van der Waals surface area contributed by atoms with E-state index in [1.807, 2.05) is 6.92 Å². The van der Waals surface area contributed by atoms with Gasteiger partial charge in [0.05, 0.1) is 5.69 Å². The minimum Gasteiger partial charge on any atom is -0.506 e. The molecule has 1 aliphatic rings. The second-order valence-corrected chi connectivity index (χ2v) is 6.04. The van der Waals surface area contributed by atoms with Crippen molar-refractivity contribution in [3.05, 3.63) is 53.6 Å². The van der Waals surface area contributed by atoms with Crippen LogP contribution in [0.4, 0.5) is 11.4 Å². The third kappa shape index (κ3) is 4.16. The second kappa shape index (κ2) is 7.36. The maximum absolute atomic E-state index is 12.3. The smallest absolute Gasteiger partial charge is 0.255 e. The average molecular weight is 340 g/mol. The second-order valence-electron chi connectivity index (χ2n) is 6.04. The molecule has 2 aromatic carbocycles. The summed E-state index contributed by atoms with van der Waals surface area (Å²) < 4.78 is 5.34. The molecule has 0 aliphatic carbocycles. The molecule has 1 heterocycles. The average Bonchev–Trinajstić information content (AvgIpc) is 3.13. The number of nitrogens with one attached hydrogen (secondary N) is 2. The minimum absolute atomic E-state index is 0.0133. The first kappa shape index (κ1) is 17.0. The number of carbonyl (C=O) groups excluding carboxylic acids is 2. The van der Waals surface area contributed by atoms with Crippen LogP contribution in [0.15, 0.2) is 42.5 Å². The first-order chi connectivity index (χ1) is 12.0. The Morgan fingerprint density at radius 1 is 1.12 bits per heavy atom. The van der Waals surface area contributed by atoms with E-state index in [1.165, 1.54) is 6.07 Å². The molecular formula is C19H20N2O4. The number of rotatable bonds is 4. The number of benzene rings is 2. The van der Waals surface area contributed by atoms with E-state index in [9.17, 15) is 14.7 Å². The Balaban J connectivity index is 1.64. The summed E-state index contributed by atoms with van der Waals surface area (Å²) in [4.78, 5) is 24.3. The van der Waals surface area contributed by atoms with Crippen LogP contribution >= 0.6 is 0 Å². The van der Waals surface area contributed by atoms with Crippen molar-refractivity contribution in [3.63, 3.8) is 0 Å². The van der Waals surface area contributed by atoms with Crippen molar-refractivity contribution in [2.24, 2.45) is 0 Å². The summed E-state index contributed by atoms with van der Waals surface area (Å²) >= 11 is 0. The van der Waals surface area contributed by atoms with E-state index >= 15 is 0 Å². The van der Waals surface area contributed by atoms with Gasteiger partial charge >= 0.3 is 0 Å². The van der Waals surface area contributed by atoms with Crippen LogP contribution < -0.4 is 10.6 Å². The fourth-order valence-electron chi connectivity index (χ4n) is 2.66. The summed E-state index contributed by atoms with van der Waals surface area (Å²) in [6.07, 6.45) is 1.22. The van der Waals surface area contributed by atoms with E-state index in [4.69, 9.17) is 4.74 Å². The van der Waals surface area contributed by atoms with Crippen molar-refractivity contribution in [3.8, 4) is 5.75 Å². The van der Waals surface area contributed by atoms with Crippen LogP contribution in [-0.2, 0) is 9.53 Å². The fourth-order valence-corrected chi connectivity index (χ4v) is 2.66. The Hall–Kier alpha value is -2.86. The van der Waals surface area contributed by atoms with Crippen molar-refractivity contribution in [2.45, 2.75) is 25.9 Å². The lowest BCUT2D eigenvalue weighted by molar-refractivity contribution is -0.124. The van der Waals surface area contributed by atoms with Crippen LogP contribution in [0.5, 0.6) is 5.75 Å².